The smallest absolute Gasteiger partial charge is 0.211 e. The number of carbonyl (C=O) groups is 2. The minimum atomic E-state index is -0.113. The fourth-order valence-corrected chi connectivity index (χ4v) is 3.69. The SMILES string of the molecule is O=C1/C(=C2\Nc3cc(Br)ccc3C2=O)Cc2cc(Br)ccc21. The predicted octanol–water partition coefficient (Wildman–Crippen LogP) is 4.51. The lowest BCUT2D eigenvalue weighted by Gasteiger charge is -2.02. The number of halogens is 2. The quantitative estimate of drug-likeness (QED) is 0.640. The summed E-state index contributed by atoms with van der Waals surface area (Å²) in [6.45, 7) is 0. The summed E-state index contributed by atoms with van der Waals surface area (Å²) in [5.74, 6) is -0.178. The van der Waals surface area contributed by atoms with Gasteiger partial charge in [-0.25, -0.2) is 0 Å². The third-order valence-electron chi connectivity index (χ3n) is 3.97. The van der Waals surface area contributed by atoms with E-state index >= 15 is 0 Å². The molecule has 0 amide bonds. The number of anilines is 1. The number of hydrogen-bond acceptors (Lipinski definition) is 3. The summed E-state index contributed by atoms with van der Waals surface area (Å²) >= 11 is 6.81. The van der Waals surface area contributed by atoms with Gasteiger partial charge in [-0.15, -0.1) is 0 Å². The zero-order chi connectivity index (χ0) is 15.4. The molecule has 0 radical (unpaired) electrons. The second-order valence-corrected chi connectivity index (χ2v) is 7.14. The molecule has 0 bridgehead atoms. The van der Waals surface area contributed by atoms with Crippen LogP contribution in [0.3, 0.4) is 0 Å². The third-order valence-corrected chi connectivity index (χ3v) is 4.95. The number of nitrogens with one attached hydrogen (secondary N) is 1. The molecule has 22 heavy (non-hydrogen) atoms. The van der Waals surface area contributed by atoms with Crippen LogP contribution in [0.4, 0.5) is 5.69 Å². The van der Waals surface area contributed by atoms with Gasteiger partial charge >= 0.3 is 0 Å². The molecule has 3 nitrogen and oxygen atoms in total. The average molecular weight is 419 g/mol. The van der Waals surface area contributed by atoms with Crippen LogP contribution in [0.1, 0.15) is 26.3 Å². The molecule has 0 atom stereocenters. The van der Waals surface area contributed by atoms with Crippen LogP contribution in [-0.4, -0.2) is 11.6 Å². The van der Waals surface area contributed by atoms with Gasteiger partial charge in [-0.2, -0.15) is 0 Å². The first-order valence-electron chi connectivity index (χ1n) is 6.72. The summed E-state index contributed by atoms with van der Waals surface area (Å²) in [5, 5.41) is 3.11. The van der Waals surface area contributed by atoms with Crippen molar-refractivity contribution in [2.24, 2.45) is 0 Å². The summed E-state index contributed by atoms with van der Waals surface area (Å²) in [7, 11) is 0. The molecule has 0 fully saturated rings. The summed E-state index contributed by atoms with van der Waals surface area (Å²) in [6.07, 6.45) is 0.483. The van der Waals surface area contributed by atoms with E-state index in [9.17, 15) is 9.59 Å². The first-order chi connectivity index (χ1) is 10.5. The fraction of sp³-hybridized carbons (Fsp3) is 0.0588. The van der Waals surface area contributed by atoms with E-state index in [0.717, 1.165) is 20.2 Å². The van der Waals surface area contributed by atoms with E-state index in [1.165, 1.54) is 0 Å². The number of carbonyl (C=O) groups excluding carboxylic acids is 2. The van der Waals surface area contributed by atoms with Gasteiger partial charge in [0.2, 0.25) is 5.78 Å². The third kappa shape index (κ3) is 2.00. The predicted molar refractivity (Wildman–Crippen MR) is 91.3 cm³/mol. The number of benzene rings is 2. The molecule has 0 saturated carbocycles. The fourth-order valence-electron chi connectivity index (χ4n) is 2.92. The monoisotopic (exact) mass is 417 g/mol. The van der Waals surface area contributed by atoms with Crippen molar-refractivity contribution in [1.29, 1.82) is 0 Å². The van der Waals surface area contributed by atoms with Crippen molar-refractivity contribution < 1.29 is 9.59 Å². The molecule has 1 N–H and O–H groups in total. The van der Waals surface area contributed by atoms with Gasteiger partial charge in [0.25, 0.3) is 0 Å². The Hall–Kier alpha value is -1.72. The van der Waals surface area contributed by atoms with Gasteiger partial charge < -0.3 is 5.32 Å². The van der Waals surface area contributed by atoms with Crippen LogP contribution < -0.4 is 5.32 Å². The molecule has 5 heteroatoms. The molecule has 2 aliphatic rings. The highest BCUT2D eigenvalue weighted by atomic mass is 79.9. The van der Waals surface area contributed by atoms with Gasteiger partial charge in [-0.1, -0.05) is 31.9 Å². The average Bonchev–Trinajstić information content (AvgIpc) is 2.96. The molecule has 108 valence electrons. The molecule has 1 aliphatic carbocycles. The number of Topliss-reactive ketones (excluding diaryl/α,β-unsaturated/α-hetero) is 2. The molecule has 0 saturated heterocycles. The van der Waals surface area contributed by atoms with Crippen molar-refractivity contribution in [3.63, 3.8) is 0 Å². The second kappa shape index (κ2) is 4.89. The van der Waals surface area contributed by atoms with Gasteiger partial charge in [0.05, 0.1) is 11.4 Å². The second-order valence-electron chi connectivity index (χ2n) is 5.30. The van der Waals surface area contributed by atoms with Crippen LogP contribution in [0.15, 0.2) is 56.6 Å². The van der Waals surface area contributed by atoms with Crippen molar-refractivity contribution in [3.8, 4) is 0 Å². The lowest BCUT2D eigenvalue weighted by molar-refractivity contribution is 0.101. The topological polar surface area (TPSA) is 46.2 Å². The molecule has 0 unspecified atom stereocenters. The Labute approximate surface area is 143 Å². The van der Waals surface area contributed by atoms with Gasteiger partial charge in [-0.05, 0) is 42.0 Å². The normalized spacial score (nSPS) is 19.2. The van der Waals surface area contributed by atoms with Gasteiger partial charge in [0.1, 0.15) is 0 Å². The lowest BCUT2D eigenvalue weighted by Crippen LogP contribution is -2.09. The van der Waals surface area contributed by atoms with E-state index in [2.05, 4.69) is 37.2 Å². The van der Waals surface area contributed by atoms with E-state index in [0.29, 0.717) is 28.8 Å². The van der Waals surface area contributed by atoms with Gasteiger partial charge in [0.15, 0.2) is 5.78 Å². The first kappa shape index (κ1) is 13.9. The number of fused-ring (bicyclic) bond motifs is 2. The lowest BCUT2D eigenvalue weighted by atomic mass is 10.1. The first-order valence-corrected chi connectivity index (χ1v) is 8.31. The van der Waals surface area contributed by atoms with E-state index in [1.54, 1.807) is 12.1 Å². The van der Waals surface area contributed by atoms with Crippen molar-refractivity contribution in [3.05, 3.63) is 73.3 Å². The van der Waals surface area contributed by atoms with E-state index in [-0.39, 0.29) is 11.6 Å². The highest BCUT2D eigenvalue weighted by Gasteiger charge is 2.34. The van der Waals surface area contributed by atoms with E-state index in [1.807, 2.05) is 24.3 Å². The Bertz CT molecular complexity index is 826. The molecule has 0 spiro atoms. The minimum absolute atomic E-state index is 0.0646. The molecule has 2 aromatic carbocycles. The maximum Gasteiger partial charge on any atom is 0.211 e. The highest BCUT2D eigenvalue weighted by Crippen LogP contribution is 2.36. The van der Waals surface area contributed by atoms with E-state index in [4.69, 9.17) is 0 Å². The number of rotatable bonds is 0. The number of ketones is 2. The van der Waals surface area contributed by atoms with E-state index < -0.39 is 0 Å². The largest absolute Gasteiger partial charge is 0.351 e. The zero-order valence-corrected chi connectivity index (χ0v) is 14.4. The Morgan fingerprint density at radius 1 is 0.864 bits per heavy atom. The Morgan fingerprint density at radius 2 is 1.55 bits per heavy atom. The van der Waals surface area contributed by atoms with Crippen molar-refractivity contribution in [1.82, 2.24) is 0 Å². The van der Waals surface area contributed by atoms with Gasteiger partial charge in [-0.3, -0.25) is 9.59 Å². The van der Waals surface area contributed by atoms with Crippen molar-refractivity contribution in [2.45, 2.75) is 6.42 Å². The maximum atomic E-state index is 12.6. The van der Waals surface area contributed by atoms with Crippen LogP contribution in [-0.2, 0) is 6.42 Å². The molecular formula is C17H9Br2NO2. The molecule has 1 heterocycles. The summed E-state index contributed by atoms with van der Waals surface area (Å²) in [5.41, 5.74) is 3.93. The Kier molecular flexibility index (Phi) is 3.09. The zero-order valence-electron chi connectivity index (χ0n) is 11.2. The summed E-state index contributed by atoms with van der Waals surface area (Å²) in [4.78, 5) is 25.1. The summed E-state index contributed by atoms with van der Waals surface area (Å²) in [6, 6.07) is 11.0. The molecule has 1 aliphatic heterocycles. The molecule has 0 aromatic heterocycles. The van der Waals surface area contributed by atoms with Gasteiger partial charge in [0, 0.05) is 32.1 Å². The van der Waals surface area contributed by atoms with Crippen LogP contribution in [0.5, 0.6) is 0 Å². The van der Waals surface area contributed by atoms with Crippen LogP contribution in [0.2, 0.25) is 0 Å². The standard InChI is InChI=1S/C17H9Br2NO2/c18-9-1-3-11-8(5-9)6-13(16(11)21)15-17(22)12-4-2-10(19)7-14(12)20-15/h1-5,7,20H,6H2/b15-13-. The Balaban J connectivity index is 1.82. The highest BCUT2D eigenvalue weighted by molar-refractivity contribution is 9.10. The van der Waals surface area contributed by atoms with Crippen molar-refractivity contribution in [2.75, 3.05) is 5.32 Å². The minimum Gasteiger partial charge on any atom is -0.351 e. The molecule has 2 aromatic rings. The number of hydrogen-bond donors (Lipinski definition) is 1. The maximum absolute atomic E-state index is 12.6. The van der Waals surface area contributed by atoms with Crippen LogP contribution in [0, 0.1) is 0 Å². The number of allylic oxidation sites excluding steroid dienone is 2. The van der Waals surface area contributed by atoms with Crippen LogP contribution in [0.25, 0.3) is 0 Å². The van der Waals surface area contributed by atoms with Crippen molar-refractivity contribution >= 4 is 49.1 Å². The van der Waals surface area contributed by atoms with Crippen LogP contribution >= 0.6 is 31.9 Å². The molecule has 4 rings (SSSR count). The summed E-state index contributed by atoms with van der Waals surface area (Å²) < 4.78 is 1.82. The molecular weight excluding hydrogens is 410 g/mol. The Morgan fingerprint density at radius 3 is 2.32 bits per heavy atom.